The summed E-state index contributed by atoms with van der Waals surface area (Å²) in [4.78, 5) is 25.8. The number of rotatable bonds is 6. The van der Waals surface area contributed by atoms with Gasteiger partial charge in [-0.25, -0.2) is 24.9 Å². The molecular formula is C49H29N5OS. The molecule has 0 fully saturated rings. The largest absolute Gasteiger partial charge is 0.456 e. The van der Waals surface area contributed by atoms with E-state index in [0.29, 0.717) is 23.3 Å². The van der Waals surface area contributed by atoms with Gasteiger partial charge in [0.05, 0.1) is 15.9 Å². The summed E-state index contributed by atoms with van der Waals surface area (Å²) in [6.07, 6.45) is 0. The Hall–Kier alpha value is -7.35. The molecule has 7 heteroatoms. The summed E-state index contributed by atoms with van der Waals surface area (Å²) in [5.74, 6) is 2.40. The maximum Gasteiger partial charge on any atom is 0.164 e. The first-order chi connectivity index (χ1) is 27.7. The zero-order chi connectivity index (χ0) is 37.0. The van der Waals surface area contributed by atoms with E-state index in [9.17, 15) is 0 Å². The highest BCUT2D eigenvalue weighted by Gasteiger charge is 2.21. The summed E-state index contributed by atoms with van der Waals surface area (Å²) < 4.78 is 8.76. The van der Waals surface area contributed by atoms with Gasteiger partial charge < -0.3 is 4.42 Å². The second-order valence-corrected chi connectivity index (χ2v) is 14.7. The maximum atomic E-state index is 6.50. The van der Waals surface area contributed by atoms with Gasteiger partial charge in [-0.15, -0.1) is 11.3 Å². The fourth-order valence-electron chi connectivity index (χ4n) is 7.47. The lowest BCUT2D eigenvalue weighted by Crippen LogP contribution is -2.00. The van der Waals surface area contributed by atoms with E-state index in [1.54, 1.807) is 11.3 Å². The monoisotopic (exact) mass is 735 g/mol. The van der Waals surface area contributed by atoms with Crippen LogP contribution in [0.15, 0.2) is 180 Å². The Morgan fingerprint density at radius 2 is 0.982 bits per heavy atom. The van der Waals surface area contributed by atoms with Gasteiger partial charge in [-0.1, -0.05) is 140 Å². The molecule has 7 aromatic carbocycles. The van der Waals surface area contributed by atoms with Crippen LogP contribution in [0.25, 0.3) is 110 Å². The molecule has 0 aliphatic heterocycles. The number of hydrogen-bond acceptors (Lipinski definition) is 7. The zero-order valence-electron chi connectivity index (χ0n) is 29.8. The number of furan rings is 1. The van der Waals surface area contributed by atoms with Gasteiger partial charge in [0.1, 0.15) is 11.2 Å². The number of aromatic nitrogens is 5. The Balaban J connectivity index is 1.11. The molecule has 0 N–H and O–H groups in total. The topological polar surface area (TPSA) is 77.6 Å². The van der Waals surface area contributed by atoms with E-state index in [4.69, 9.17) is 29.3 Å². The molecule has 0 saturated carbocycles. The number of fused-ring (bicyclic) bond motifs is 6. The fourth-order valence-corrected chi connectivity index (χ4v) is 8.63. The highest BCUT2D eigenvalue weighted by atomic mass is 32.1. The van der Waals surface area contributed by atoms with Gasteiger partial charge in [0.2, 0.25) is 0 Å². The van der Waals surface area contributed by atoms with Gasteiger partial charge in [-0.2, -0.15) is 0 Å². The van der Waals surface area contributed by atoms with Crippen LogP contribution in [-0.4, -0.2) is 24.9 Å². The molecule has 262 valence electrons. The Morgan fingerprint density at radius 3 is 1.79 bits per heavy atom. The minimum Gasteiger partial charge on any atom is -0.456 e. The molecule has 4 aromatic heterocycles. The van der Waals surface area contributed by atoms with Crippen molar-refractivity contribution in [3.8, 4) is 67.9 Å². The van der Waals surface area contributed by atoms with E-state index in [0.717, 1.165) is 82.2 Å². The molecule has 0 bridgehead atoms. The fraction of sp³-hybridized carbons (Fsp3) is 0. The zero-order valence-corrected chi connectivity index (χ0v) is 30.6. The smallest absolute Gasteiger partial charge is 0.164 e. The standard InChI is InChI=1S/C49H29N5OS/c1-4-14-30(15-5-1)33-20-12-21-34(28-33)48-52-46(32-18-8-3-9-19-32)53-49(54-48)37-23-13-24-40-42(37)38-29-35(26-27-39(38)55-40)47-50-43(31-16-6-2-7-17-31)45-44(51-47)36-22-10-11-25-41(36)56-45/h1-29H. The molecule has 6 nitrogen and oxygen atoms in total. The lowest BCUT2D eigenvalue weighted by atomic mass is 10.0. The second-order valence-electron chi connectivity index (χ2n) is 13.6. The molecule has 4 heterocycles. The van der Waals surface area contributed by atoms with E-state index < -0.39 is 0 Å². The van der Waals surface area contributed by atoms with Crippen LogP contribution in [0.3, 0.4) is 0 Å². The molecule has 0 aliphatic rings. The number of thiophene rings is 1. The van der Waals surface area contributed by atoms with E-state index in [2.05, 4.69) is 109 Å². The lowest BCUT2D eigenvalue weighted by Gasteiger charge is -2.10. The molecule has 11 rings (SSSR count). The van der Waals surface area contributed by atoms with Crippen LogP contribution in [0.4, 0.5) is 0 Å². The predicted octanol–water partition coefficient (Wildman–Crippen LogP) is 12.9. The van der Waals surface area contributed by atoms with Crippen molar-refractivity contribution in [2.45, 2.75) is 0 Å². The summed E-state index contributed by atoms with van der Waals surface area (Å²) >= 11 is 1.73. The van der Waals surface area contributed by atoms with Crippen LogP contribution in [-0.2, 0) is 0 Å². The van der Waals surface area contributed by atoms with Gasteiger partial charge in [0.25, 0.3) is 0 Å². The van der Waals surface area contributed by atoms with Crippen LogP contribution < -0.4 is 0 Å². The highest BCUT2D eigenvalue weighted by Crippen LogP contribution is 2.41. The van der Waals surface area contributed by atoms with Crippen molar-refractivity contribution in [1.29, 1.82) is 0 Å². The van der Waals surface area contributed by atoms with Crippen LogP contribution in [0.1, 0.15) is 0 Å². The molecule has 56 heavy (non-hydrogen) atoms. The van der Waals surface area contributed by atoms with Crippen LogP contribution in [0.2, 0.25) is 0 Å². The molecule has 0 atom stereocenters. The highest BCUT2D eigenvalue weighted by molar-refractivity contribution is 7.26. The Bertz CT molecular complexity index is 3250. The van der Waals surface area contributed by atoms with Crippen LogP contribution in [0, 0.1) is 0 Å². The summed E-state index contributed by atoms with van der Waals surface area (Å²) in [7, 11) is 0. The molecule has 11 aromatic rings. The number of nitrogens with zero attached hydrogens (tertiary/aromatic N) is 5. The molecule has 0 spiro atoms. The molecular weight excluding hydrogens is 707 g/mol. The van der Waals surface area contributed by atoms with Crippen molar-refractivity contribution in [3.63, 3.8) is 0 Å². The lowest BCUT2D eigenvalue weighted by molar-refractivity contribution is 0.669. The van der Waals surface area contributed by atoms with E-state index in [-0.39, 0.29) is 0 Å². The second kappa shape index (κ2) is 13.2. The average molecular weight is 736 g/mol. The number of benzene rings is 7. The van der Waals surface area contributed by atoms with Crippen molar-refractivity contribution in [1.82, 2.24) is 24.9 Å². The first-order valence-electron chi connectivity index (χ1n) is 18.4. The SMILES string of the molecule is c1ccc(-c2cccc(-c3nc(-c4ccccc4)nc(-c4cccc5oc6ccc(-c7nc(-c8ccccc8)c8sc9ccccc9c8n7)cc6c45)n3)c2)cc1. The molecule has 0 amide bonds. The third-order valence-electron chi connectivity index (χ3n) is 10.2. The van der Waals surface area contributed by atoms with Gasteiger partial charge in [-0.3, -0.25) is 0 Å². The summed E-state index contributed by atoms with van der Waals surface area (Å²) in [5, 5.41) is 2.98. The summed E-state index contributed by atoms with van der Waals surface area (Å²) in [5.41, 5.74) is 10.2. The normalized spacial score (nSPS) is 11.6. The van der Waals surface area contributed by atoms with Gasteiger partial charge in [0.15, 0.2) is 23.3 Å². The van der Waals surface area contributed by atoms with E-state index in [1.165, 1.54) is 4.70 Å². The molecule has 0 radical (unpaired) electrons. The van der Waals surface area contributed by atoms with Crippen molar-refractivity contribution < 1.29 is 4.42 Å². The molecule has 0 unspecified atom stereocenters. The van der Waals surface area contributed by atoms with Crippen LogP contribution >= 0.6 is 11.3 Å². The Kier molecular flexibility index (Phi) is 7.57. The minimum absolute atomic E-state index is 0.562. The van der Waals surface area contributed by atoms with Crippen molar-refractivity contribution in [3.05, 3.63) is 176 Å². The number of hydrogen-bond donors (Lipinski definition) is 0. The van der Waals surface area contributed by atoms with Crippen molar-refractivity contribution >= 4 is 53.6 Å². The van der Waals surface area contributed by atoms with E-state index in [1.807, 2.05) is 66.7 Å². The Morgan fingerprint density at radius 1 is 0.375 bits per heavy atom. The maximum absolute atomic E-state index is 6.50. The average Bonchev–Trinajstić information content (AvgIpc) is 3.85. The van der Waals surface area contributed by atoms with Gasteiger partial charge >= 0.3 is 0 Å². The Labute approximate surface area is 325 Å². The van der Waals surface area contributed by atoms with Crippen molar-refractivity contribution in [2.75, 3.05) is 0 Å². The molecule has 0 aliphatic carbocycles. The summed E-state index contributed by atoms with van der Waals surface area (Å²) in [6, 6.07) is 59.8. The van der Waals surface area contributed by atoms with Gasteiger partial charge in [0, 0.05) is 48.7 Å². The predicted molar refractivity (Wildman–Crippen MR) is 228 cm³/mol. The molecule has 0 saturated heterocycles. The van der Waals surface area contributed by atoms with Crippen molar-refractivity contribution in [2.24, 2.45) is 0 Å². The quantitative estimate of drug-likeness (QED) is 0.169. The van der Waals surface area contributed by atoms with Crippen LogP contribution in [0.5, 0.6) is 0 Å². The summed E-state index contributed by atoms with van der Waals surface area (Å²) in [6.45, 7) is 0. The first kappa shape index (κ1) is 32.1. The first-order valence-corrected chi connectivity index (χ1v) is 19.2. The van der Waals surface area contributed by atoms with E-state index >= 15 is 0 Å². The third kappa shape index (κ3) is 5.52. The minimum atomic E-state index is 0.562. The van der Waals surface area contributed by atoms with Gasteiger partial charge in [-0.05, 0) is 47.5 Å². The third-order valence-corrected chi connectivity index (χ3v) is 11.3.